The third kappa shape index (κ3) is 3.39. The van der Waals surface area contributed by atoms with Gasteiger partial charge in [-0.1, -0.05) is 12.1 Å². The lowest BCUT2D eigenvalue weighted by atomic mass is 10.3. The van der Waals surface area contributed by atoms with Crippen LogP contribution in [0.5, 0.6) is 5.75 Å². The molecule has 0 amide bonds. The summed E-state index contributed by atoms with van der Waals surface area (Å²) in [5, 5.41) is 11.6. The highest BCUT2D eigenvalue weighted by atomic mass is 32.2. The number of nitro groups is 1. The van der Waals surface area contributed by atoms with Crippen LogP contribution in [0, 0.1) is 10.1 Å². The monoisotopic (exact) mass is 393 g/mol. The van der Waals surface area contributed by atoms with Crippen molar-refractivity contribution in [2.24, 2.45) is 0 Å². The van der Waals surface area contributed by atoms with Gasteiger partial charge in [-0.05, 0) is 18.2 Å². The lowest BCUT2D eigenvalue weighted by molar-refractivity contribution is -0.385. The molecule has 0 atom stereocenters. The summed E-state index contributed by atoms with van der Waals surface area (Å²) in [5.74, 6) is 0.0479. The van der Waals surface area contributed by atoms with E-state index in [1.54, 1.807) is 0 Å². The Hall–Kier alpha value is -2.56. The molecule has 3 rings (SSSR count). The average Bonchev–Trinajstić information content (AvgIpc) is 3.03. The summed E-state index contributed by atoms with van der Waals surface area (Å²) in [5.41, 5.74) is 0.476. The summed E-state index contributed by atoms with van der Waals surface area (Å²) in [6.07, 6.45) is 0. The highest BCUT2D eigenvalue weighted by molar-refractivity contribution is 7.89. The molecule has 0 aliphatic carbocycles. The van der Waals surface area contributed by atoms with E-state index in [-0.39, 0.29) is 22.9 Å². The quantitative estimate of drug-likeness (QED) is 0.471. The maximum absolute atomic E-state index is 12.9. The van der Waals surface area contributed by atoms with Crippen LogP contribution in [0.4, 0.5) is 5.69 Å². The van der Waals surface area contributed by atoms with Crippen molar-refractivity contribution in [2.75, 3.05) is 14.2 Å². The zero-order valence-corrected chi connectivity index (χ0v) is 15.6. The number of nitrogens with zero attached hydrogens (tertiary/aromatic N) is 3. The van der Waals surface area contributed by atoms with E-state index in [9.17, 15) is 18.5 Å². The minimum Gasteiger partial charge on any atom is -0.495 e. The van der Waals surface area contributed by atoms with Crippen molar-refractivity contribution in [1.29, 1.82) is 0 Å². The van der Waals surface area contributed by atoms with Gasteiger partial charge in [0.15, 0.2) is 0 Å². The van der Waals surface area contributed by atoms with E-state index >= 15 is 0 Å². The summed E-state index contributed by atoms with van der Waals surface area (Å²) >= 11 is 1.40. The predicted molar refractivity (Wildman–Crippen MR) is 97.9 cm³/mol. The van der Waals surface area contributed by atoms with Crippen LogP contribution in [-0.4, -0.2) is 36.8 Å². The van der Waals surface area contributed by atoms with Gasteiger partial charge in [0.2, 0.25) is 10.0 Å². The second-order valence-corrected chi connectivity index (χ2v) is 8.56. The van der Waals surface area contributed by atoms with E-state index in [2.05, 4.69) is 4.98 Å². The van der Waals surface area contributed by atoms with Gasteiger partial charge < -0.3 is 4.74 Å². The number of aromatic nitrogens is 1. The van der Waals surface area contributed by atoms with Gasteiger partial charge in [0.05, 0.1) is 28.8 Å². The smallest absolute Gasteiger partial charge is 0.271 e. The number of rotatable bonds is 6. The summed E-state index contributed by atoms with van der Waals surface area (Å²) in [4.78, 5) is 14.5. The first-order chi connectivity index (χ1) is 12.3. The molecule has 0 saturated heterocycles. The Kier molecular flexibility index (Phi) is 4.90. The second kappa shape index (κ2) is 6.98. The number of sulfonamides is 1. The molecular weight excluding hydrogens is 378 g/mol. The molecule has 0 aliphatic heterocycles. The van der Waals surface area contributed by atoms with Crippen LogP contribution in [0.15, 0.2) is 47.4 Å². The molecule has 8 nitrogen and oxygen atoms in total. The minimum atomic E-state index is -4.00. The van der Waals surface area contributed by atoms with E-state index in [4.69, 9.17) is 4.74 Å². The standard InChI is InChI=1S/C16H15N3O5S2/c1-18(10-16-17-12-5-3-4-6-14(12)25-16)26(22,23)15-9-11(19(20)21)7-8-13(15)24-2/h3-9H,10H2,1-2H3. The zero-order chi connectivity index (χ0) is 18.9. The SMILES string of the molecule is COc1ccc([N+](=O)[O-])cc1S(=O)(=O)N(C)Cc1nc2ccccc2s1. The summed E-state index contributed by atoms with van der Waals surface area (Å²) in [7, 11) is -1.29. The Balaban J connectivity index is 1.96. The lowest BCUT2D eigenvalue weighted by Crippen LogP contribution is -2.27. The molecule has 136 valence electrons. The Bertz CT molecular complexity index is 1050. The second-order valence-electron chi connectivity index (χ2n) is 5.43. The maximum atomic E-state index is 12.9. The molecular formula is C16H15N3O5S2. The fourth-order valence-electron chi connectivity index (χ4n) is 2.41. The molecule has 10 heteroatoms. The molecule has 0 bridgehead atoms. The molecule has 26 heavy (non-hydrogen) atoms. The largest absolute Gasteiger partial charge is 0.495 e. The number of thiazole rings is 1. The number of non-ortho nitro benzene ring substituents is 1. The summed E-state index contributed by atoms with van der Waals surface area (Å²) in [6.45, 7) is 0.0491. The van der Waals surface area contributed by atoms with Gasteiger partial charge in [-0.15, -0.1) is 11.3 Å². The molecule has 1 heterocycles. The maximum Gasteiger partial charge on any atom is 0.271 e. The first-order valence-corrected chi connectivity index (χ1v) is 9.72. The van der Waals surface area contributed by atoms with Gasteiger partial charge in [0.25, 0.3) is 5.69 Å². The van der Waals surface area contributed by atoms with E-state index < -0.39 is 14.9 Å². The van der Waals surface area contributed by atoms with Crippen molar-refractivity contribution in [3.05, 3.63) is 57.6 Å². The topological polar surface area (TPSA) is 103 Å². The van der Waals surface area contributed by atoms with Gasteiger partial charge in [0, 0.05) is 19.2 Å². The zero-order valence-electron chi connectivity index (χ0n) is 13.9. The number of hydrogen-bond donors (Lipinski definition) is 0. The molecule has 0 radical (unpaired) electrons. The van der Waals surface area contributed by atoms with Gasteiger partial charge in [0.1, 0.15) is 15.7 Å². The lowest BCUT2D eigenvalue weighted by Gasteiger charge is -2.17. The Labute approximate surface area is 153 Å². The average molecular weight is 393 g/mol. The van der Waals surface area contributed by atoms with Crippen LogP contribution in [0.2, 0.25) is 0 Å². The molecule has 0 spiro atoms. The molecule has 0 N–H and O–H groups in total. The van der Waals surface area contributed by atoms with Crippen LogP contribution in [0.25, 0.3) is 10.2 Å². The van der Waals surface area contributed by atoms with E-state index in [0.717, 1.165) is 20.6 Å². The predicted octanol–water partition coefficient (Wildman–Crippen LogP) is 3.03. The number of benzene rings is 2. The number of para-hydroxylation sites is 1. The van der Waals surface area contributed by atoms with Crippen molar-refractivity contribution < 1.29 is 18.1 Å². The molecule has 3 aromatic rings. The summed E-state index contributed by atoms with van der Waals surface area (Å²) in [6, 6.07) is 11.0. The number of ether oxygens (including phenoxy) is 1. The van der Waals surface area contributed by atoms with Crippen LogP contribution in [0.1, 0.15) is 5.01 Å². The van der Waals surface area contributed by atoms with Crippen molar-refractivity contribution in [3.63, 3.8) is 0 Å². The van der Waals surface area contributed by atoms with Gasteiger partial charge in [-0.25, -0.2) is 13.4 Å². The van der Waals surface area contributed by atoms with E-state index in [1.807, 2.05) is 24.3 Å². The third-order valence-electron chi connectivity index (χ3n) is 3.74. The fourth-order valence-corrected chi connectivity index (χ4v) is 4.82. The van der Waals surface area contributed by atoms with Crippen LogP contribution < -0.4 is 4.74 Å². The van der Waals surface area contributed by atoms with Gasteiger partial charge in [-0.2, -0.15) is 4.31 Å². The van der Waals surface area contributed by atoms with Gasteiger partial charge in [-0.3, -0.25) is 10.1 Å². The van der Waals surface area contributed by atoms with Crippen molar-refractivity contribution in [3.8, 4) is 5.75 Å². The molecule has 0 saturated carbocycles. The van der Waals surface area contributed by atoms with Crippen LogP contribution in [0.3, 0.4) is 0 Å². The van der Waals surface area contributed by atoms with Crippen LogP contribution in [-0.2, 0) is 16.6 Å². The molecule has 0 unspecified atom stereocenters. The number of methoxy groups -OCH3 is 1. The minimum absolute atomic E-state index is 0.0479. The first-order valence-electron chi connectivity index (χ1n) is 7.46. The highest BCUT2D eigenvalue weighted by Gasteiger charge is 2.28. The first kappa shape index (κ1) is 18.2. The number of hydrogen-bond acceptors (Lipinski definition) is 7. The van der Waals surface area contributed by atoms with E-state index in [0.29, 0.717) is 5.01 Å². The third-order valence-corrected chi connectivity index (χ3v) is 6.59. The number of fused-ring (bicyclic) bond motifs is 1. The molecule has 0 fully saturated rings. The van der Waals surface area contributed by atoms with Gasteiger partial charge >= 0.3 is 0 Å². The van der Waals surface area contributed by atoms with E-state index in [1.165, 1.54) is 37.6 Å². The summed E-state index contributed by atoms with van der Waals surface area (Å²) < 4.78 is 32.9. The highest BCUT2D eigenvalue weighted by Crippen LogP contribution is 2.31. The van der Waals surface area contributed by atoms with Crippen molar-refractivity contribution in [2.45, 2.75) is 11.4 Å². The number of nitro benzene ring substituents is 1. The molecule has 1 aromatic heterocycles. The molecule has 0 aliphatic rings. The van der Waals surface area contributed by atoms with Crippen LogP contribution >= 0.6 is 11.3 Å². The van der Waals surface area contributed by atoms with Crippen molar-refractivity contribution >= 4 is 37.3 Å². The fraction of sp³-hybridized carbons (Fsp3) is 0.188. The van der Waals surface area contributed by atoms with Crippen molar-refractivity contribution in [1.82, 2.24) is 9.29 Å². The normalized spacial score (nSPS) is 11.8. The Morgan fingerprint density at radius 1 is 1.27 bits per heavy atom. The Morgan fingerprint density at radius 2 is 2.00 bits per heavy atom. The Morgan fingerprint density at radius 3 is 2.65 bits per heavy atom. The molecule has 2 aromatic carbocycles.